The predicted octanol–water partition coefficient (Wildman–Crippen LogP) is 1.16. The molecule has 3 heterocycles. The minimum absolute atomic E-state index is 0.138. The van der Waals surface area contributed by atoms with Gasteiger partial charge in [0.15, 0.2) is 0 Å². The molecule has 0 radical (unpaired) electrons. The lowest BCUT2D eigenvalue weighted by atomic mass is 10.2. The maximum Gasteiger partial charge on any atom is 0.275 e. The van der Waals surface area contributed by atoms with Crippen LogP contribution in [-0.4, -0.2) is 65.3 Å². The van der Waals surface area contributed by atoms with E-state index < -0.39 is 5.91 Å². The van der Waals surface area contributed by atoms with Crippen LogP contribution in [0.5, 0.6) is 0 Å². The van der Waals surface area contributed by atoms with Gasteiger partial charge in [-0.15, -0.1) is 11.3 Å². The summed E-state index contributed by atoms with van der Waals surface area (Å²) in [5.74, 6) is -1.30. The lowest BCUT2D eigenvalue weighted by Crippen LogP contribution is -2.49. The maximum atomic E-state index is 12.9. The summed E-state index contributed by atoms with van der Waals surface area (Å²) in [4.78, 5) is 48.0. The molecule has 0 bridgehead atoms. The molecule has 3 amide bonds. The molecule has 4 rings (SSSR count). The average Bonchev–Trinajstić information content (AvgIpc) is 3.30. The maximum absolute atomic E-state index is 12.9. The van der Waals surface area contributed by atoms with Gasteiger partial charge in [0, 0.05) is 43.3 Å². The number of piperazine rings is 1. The molecule has 1 fully saturated rings. The fourth-order valence-corrected chi connectivity index (χ4v) is 4.41. The normalized spacial score (nSPS) is 14.1. The molecule has 1 aliphatic rings. The van der Waals surface area contributed by atoms with Crippen molar-refractivity contribution in [3.63, 3.8) is 0 Å². The van der Waals surface area contributed by atoms with Crippen LogP contribution in [0.4, 0.5) is 11.4 Å². The Kier molecular flexibility index (Phi) is 6.61. The minimum Gasteiger partial charge on any atom is -0.369 e. The van der Waals surface area contributed by atoms with E-state index in [0.717, 1.165) is 5.69 Å². The Labute approximate surface area is 194 Å². The topological polar surface area (TPSA) is 148 Å². The van der Waals surface area contributed by atoms with Crippen molar-refractivity contribution in [3.05, 3.63) is 59.4 Å². The van der Waals surface area contributed by atoms with Crippen LogP contribution in [0.25, 0.3) is 10.6 Å². The van der Waals surface area contributed by atoms with E-state index in [0.29, 0.717) is 42.4 Å². The van der Waals surface area contributed by atoms with Crippen LogP contribution >= 0.6 is 11.3 Å². The molecule has 0 atom stereocenters. The number of thiazole rings is 1. The summed E-state index contributed by atoms with van der Waals surface area (Å²) in [6.07, 6.45) is 1.48. The number of para-hydroxylation sites is 2. The van der Waals surface area contributed by atoms with E-state index in [9.17, 15) is 14.4 Å². The molecule has 170 valence electrons. The highest BCUT2D eigenvalue weighted by molar-refractivity contribution is 7.13. The summed E-state index contributed by atoms with van der Waals surface area (Å²) in [5.41, 5.74) is 13.2. The second-order valence-corrected chi connectivity index (χ2v) is 8.39. The van der Waals surface area contributed by atoms with Gasteiger partial charge in [0.2, 0.25) is 5.91 Å². The van der Waals surface area contributed by atoms with Gasteiger partial charge >= 0.3 is 0 Å². The number of rotatable bonds is 7. The Morgan fingerprint density at radius 2 is 1.79 bits per heavy atom. The molecule has 2 aromatic heterocycles. The van der Waals surface area contributed by atoms with Crippen LogP contribution < -0.4 is 21.7 Å². The summed E-state index contributed by atoms with van der Waals surface area (Å²) in [6.45, 7) is 3.09. The molecule has 1 aromatic carbocycles. The smallest absolute Gasteiger partial charge is 0.275 e. The quantitative estimate of drug-likeness (QED) is 0.474. The second kappa shape index (κ2) is 9.76. The first-order valence-corrected chi connectivity index (χ1v) is 11.2. The van der Waals surface area contributed by atoms with Gasteiger partial charge in [-0.3, -0.25) is 24.3 Å². The zero-order chi connectivity index (χ0) is 23.4. The van der Waals surface area contributed by atoms with Crippen LogP contribution in [-0.2, 0) is 4.79 Å². The van der Waals surface area contributed by atoms with Gasteiger partial charge in [0.1, 0.15) is 16.4 Å². The van der Waals surface area contributed by atoms with Crippen molar-refractivity contribution in [2.75, 3.05) is 42.9 Å². The van der Waals surface area contributed by atoms with E-state index in [2.05, 4.69) is 20.2 Å². The molecule has 0 spiro atoms. The molecule has 0 unspecified atom stereocenters. The van der Waals surface area contributed by atoms with Crippen LogP contribution in [0.2, 0.25) is 0 Å². The lowest BCUT2D eigenvalue weighted by Gasteiger charge is -2.36. The van der Waals surface area contributed by atoms with E-state index in [4.69, 9.17) is 11.5 Å². The lowest BCUT2D eigenvalue weighted by molar-refractivity contribution is -0.119. The highest BCUT2D eigenvalue weighted by Gasteiger charge is 2.21. The molecular formula is C22H23N7O3S. The van der Waals surface area contributed by atoms with Crippen molar-refractivity contribution in [3.8, 4) is 10.6 Å². The SMILES string of the molecule is NC(=O)CN1CCN(c2ccccc2NC(=O)c2csc(-c3ccnc(C(N)=O)c3)n2)CC1. The average molecular weight is 466 g/mol. The van der Waals surface area contributed by atoms with E-state index in [1.54, 1.807) is 17.5 Å². The first kappa shape index (κ1) is 22.4. The molecule has 33 heavy (non-hydrogen) atoms. The summed E-state index contributed by atoms with van der Waals surface area (Å²) >= 11 is 1.29. The molecule has 11 heteroatoms. The summed E-state index contributed by atoms with van der Waals surface area (Å²) in [6, 6.07) is 10.8. The number of benzene rings is 1. The number of carbonyl (C=O) groups is 3. The number of amides is 3. The first-order valence-electron chi connectivity index (χ1n) is 10.3. The standard InChI is InChI=1S/C22H23N7O3S/c23-19(30)12-28-7-9-29(10-8-28)18-4-2-1-3-15(18)26-21(32)17-13-33-22(27-17)14-5-6-25-16(11-14)20(24)31/h1-6,11,13H,7-10,12H2,(H2,23,30)(H2,24,31)(H,26,32). The Morgan fingerprint density at radius 3 is 2.52 bits per heavy atom. The van der Waals surface area contributed by atoms with Crippen molar-refractivity contribution in [2.24, 2.45) is 11.5 Å². The highest BCUT2D eigenvalue weighted by Crippen LogP contribution is 2.28. The summed E-state index contributed by atoms with van der Waals surface area (Å²) in [7, 11) is 0. The molecule has 5 N–H and O–H groups in total. The van der Waals surface area contributed by atoms with E-state index in [-0.39, 0.29) is 29.7 Å². The van der Waals surface area contributed by atoms with Crippen molar-refractivity contribution in [1.82, 2.24) is 14.9 Å². The van der Waals surface area contributed by atoms with Crippen LogP contribution in [0, 0.1) is 0 Å². The number of hydrogen-bond donors (Lipinski definition) is 3. The van der Waals surface area contributed by atoms with Crippen molar-refractivity contribution < 1.29 is 14.4 Å². The Balaban J connectivity index is 1.47. The zero-order valence-corrected chi connectivity index (χ0v) is 18.5. The van der Waals surface area contributed by atoms with Crippen LogP contribution in [0.3, 0.4) is 0 Å². The van der Waals surface area contributed by atoms with Gasteiger partial charge in [-0.2, -0.15) is 0 Å². The molecule has 1 aliphatic heterocycles. The first-order chi connectivity index (χ1) is 15.9. The van der Waals surface area contributed by atoms with Crippen LogP contribution in [0.15, 0.2) is 48.0 Å². The number of nitrogens with zero attached hydrogens (tertiary/aromatic N) is 4. The van der Waals surface area contributed by atoms with Gasteiger partial charge in [-0.25, -0.2) is 4.98 Å². The number of aromatic nitrogens is 2. The van der Waals surface area contributed by atoms with Gasteiger partial charge in [-0.05, 0) is 24.3 Å². The highest BCUT2D eigenvalue weighted by atomic mass is 32.1. The van der Waals surface area contributed by atoms with Gasteiger partial charge in [-0.1, -0.05) is 12.1 Å². The number of anilines is 2. The third-order valence-electron chi connectivity index (χ3n) is 5.24. The van der Waals surface area contributed by atoms with E-state index in [1.807, 2.05) is 29.2 Å². The predicted molar refractivity (Wildman–Crippen MR) is 126 cm³/mol. The Morgan fingerprint density at radius 1 is 1.03 bits per heavy atom. The van der Waals surface area contributed by atoms with Crippen LogP contribution in [0.1, 0.15) is 21.0 Å². The van der Waals surface area contributed by atoms with Gasteiger partial charge in [0.05, 0.1) is 17.9 Å². The number of nitrogens with two attached hydrogens (primary N) is 2. The number of primary amides is 2. The van der Waals surface area contributed by atoms with Crippen molar-refractivity contribution in [2.45, 2.75) is 0 Å². The number of pyridine rings is 1. The van der Waals surface area contributed by atoms with E-state index in [1.165, 1.54) is 17.5 Å². The third kappa shape index (κ3) is 5.33. The number of hydrogen-bond acceptors (Lipinski definition) is 8. The fourth-order valence-electron chi connectivity index (χ4n) is 3.62. The Hall–Kier alpha value is -3.83. The fraction of sp³-hybridized carbons (Fsp3) is 0.227. The zero-order valence-electron chi connectivity index (χ0n) is 17.7. The molecule has 1 saturated heterocycles. The molecule has 0 aliphatic carbocycles. The van der Waals surface area contributed by atoms with Gasteiger partial charge < -0.3 is 21.7 Å². The molecule has 0 saturated carbocycles. The van der Waals surface area contributed by atoms with Crippen molar-refractivity contribution in [1.29, 1.82) is 0 Å². The minimum atomic E-state index is -0.626. The summed E-state index contributed by atoms with van der Waals surface area (Å²) in [5, 5.41) is 5.21. The third-order valence-corrected chi connectivity index (χ3v) is 6.13. The second-order valence-electron chi connectivity index (χ2n) is 7.53. The largest absolute Gasteiger partial charge is 0.369 e. The monoisotopic (exact) mass is 465 g/mol. The number of carbonyl (C=O) groups excluding carboxylic acids is 3. The molecule has 10 nitrogen and oxygen atoms in total. The Bertz CT molecular complexity index is 1190. The number of nitrogens with one attached hydrogen (secondary N) is 1. The van der Waals surface area contributed by atoms with E-state index >= 15 is 0 Å². The molecular weight excluding hydrogens is 442 g/mol. The molecule has 3 aromatic rings. The van der Waals surface area contributed by atoms with Gasteiger partial charge in [0.25, 0.3) is 11.8 Å². The van der Waals surface area contributed by atoms with Crippen molar-refractivity contribution >= 4 is 40.4 Å². The summed E-state index contributed by atoms with van der Waals surface area (Å²) < 4.78 is 0.